The molecule has 0 saturated heterocycles. The standard InChI is InChI=1S/C17H23N3O2/c1-19-11-15(9-18-19)16(21)12-20(13-17(22)7-8-17)10-14-5-3-2-4-6-14/h2-6,9,11,16,21-22H,7-8,10,12-13H2,1H3. The number of aliphatic hydroxyl groups is 2. The zero-order valence-electron chi connectivity index (χ0n) is 12.9. The van der Waals surface area contributed by atoms with Crippen LogP contribution in [0.15, 0.2) is 42.7 Å². The first kappa shape index (κ1) is 15.2. The van der Waals surface area contributed by atoms with Crippen molar-refractivity contribution >= 4 is 0 Å². The summed E-state index contributed by atoms with van der Waals surface area (Å²) in [4.78, 5) is 2.12. The summed E-state index contributed by atoms with van der Waals surface area (Å²) < 4.78 is 1.69. The Morgan fingerprint density at radius 3 is 2.64 bits per heavy atom. The number of aromatic nitrogens is 2. The van der Waals surface area contributed by atoms with Crippen molar-refractivity contribution in [1.29, 1.82) is 0 Å². The molecule has 0 spiro atoms. The number of benzene rings is 1. The van der Waals surface area contributed by atoms with Crippen molar-refractivity contribution in [3.63, 3.8) is 0 Å². The molecule has 5 nitrogen and oxygen atoms in total. The Hall–Kier alpha value is -1.69. The van der Waals surface area contributed by atoms with Crippen LogP contribution in [0.2, 0.25) is 0 Å². The van der Waals surface area contributed by atoms with E-state index in [1.54, 1.807) is 10.9 Å². The van der Waals surface area contributed by atoms with Gasteiger partial charge in [0.25, 0.3) is 0 Å². The van der Waals surface area contributed by atoms with Crippen LogP contribution in [0.4, 0.5) is 0 Å². The lowest BCUT2D eigenvalue weighted by Gasteiger charge is -2.27. The maximum absolute atomic E-state index is 10.4. The first-order chi connectivity index (χ1) is 10.5. The molecule has 5 heteroatoms. The van der Waals surface area contributed by atoms with Gasteiger partial charge < -0.3 is 10.2 Å². The largest absolute Gasteiger partial charge is 0.389 e. The first-order valence-electron chi connectivity index (χ1n) is 7.69. The fourth-order valence-electron chi connectivity index (χ4n) is 2.71. The van der Waals surface area contributed by atoms with Crippen LogP contribution in [0, 0.1) is 0 Å². The average Bonchev–Trinajstić information content (AvgIpc) is 3.04. The van der Waals surface area contributed by atoms with Crippen molar-refractivity contribution in [2.75, 3.05) is 13.1 Å². The van der Waals surface area contributed by atoms with E-state index in [1.165, 1.54) is 5.56 Å². The summed E-state index contributed by atoms with van der Waals surface area (Å²) >= 11 is 0. The summed E-state index contributed by atoms with van der Waals surface area (Å²) in [6.45, 7) is 1.81. The summed E-state index contributed by atoms with van der Waals surface area (Å²) in [5, 5.41) is 24.8. The van der Waals surface area contributed by atoms with Gasteiger partial charge in [0.15, 0.2) is 0 Å². The molecule has 1 aromatic heterocycles. The Labute approximate surface area is 130 Å². The van der Waals surface area contributed by atoms with Gasteiger partial charge in [0.1, 0.15) is 0 Å². The maximum Gasteiger partial charge on any atom is 0.0947 e. The van der Waals surface area contributed by atoms with Gasteiger partial charge in [-0.05, 0) is 18.4 Å². The van der Waals surface area contributed by atoms with E-state index in [2.05, 4.69) is 22.1 Å². The summed E-state index contributed by atoms with van der Waals surface area (Å²) in [5.74, 6) is 0. The van der Waals surface area contributed by atoms with E-state index in [1.807, 2.05) is 31.4 Å². The number of nitrogens with zero attached hydrogens (tertiary/aromatic N) is 3. The van der Waals surface area contributed by atoms with Gasteiger partial charge >= 0.3 is 0 Å². The third-order valence-electron chi connectivity index (χ3n) is 4.13. The van der Waals surface area contributed by atoms with Crippen molar-refractivity contribution < 1.29 is 10.2 Å². The third-order valence-corrected chi connectivity index (χ3v) is 4.13. The number of aliphatic hydroxyl groups excluding tert-OH is 1. The van der Waals surface area contributed by atoms with E-state index in [0.717, 1.165) is 24.9 Å². The molecular weight excluding hydrogens is 278 g/mol. The summed E-state index contributed by atoms with van der Waals surface area (Å²) in [5.41, 5.74) is 1.43. The van der Waals surface area contributed by atoms with Gasteiger partial charge in [-0.15, -0.1) is 0 Å². The van der Waals surface area contributed by atoms with E-state index in [4.69, 9.17) is 0 Å². The second-order valence-corrected chi connectivity index (χ2v) is 6.34. The minimum atomic E-state index is -0.597. The average molecular weight is 301 g/mol. The van der Waals surface area contributed by atoms with Crippen LogP contribution in [-0.4, -0.2) is 43.6 Å². The number of hydrogen-bond acceptors (Lipinski definition) is 4. The molecule has 1 saturated carbocycles. The molecule has 1 atom stereocenters. The summed E-state index contributed by atoms with van der Waals surface area (Å²) in [6.07, 6.45) is 4.62. The molecule has 0 bridgehead atoms. The summed E-state index contributed by atoms with van der Waals surface area (Å²) in [6, 6.07) is 10.2. The Morgan fingerprint density at radius 1 is 1.32 bits per heavy atom. The number of rotatable bonds is 7. The molecule has 1 heterocycles. The van der Waals surface area contributed by atoms with Crippen LogP contribution >= 0.6 is 0 Å². The molecule has 2 N–H and O–H groups in total. The Bertz CT molecular complexity index is 607. The predicted octanol–water partition coefficient (Wildman–Crippen LogP) is 1.48. The quantitative estimate of drug-likeness (QED) is 0.813. The van der Waals surface area contributed by atoms with Crippen LogP contribution in [0.3, 0.4) is 0 Å². The lowest BCUT2D eigenvalue weighted by molar-refractivity contribution is 0.0530. The number of hydrogen-bond donors (Lipinski definition) is 2. The highest BCUT2D eigenvalue weighted by atomic mass is 16.3. The fraction of sp³-hybridized carbons (Fsp3) is 0.471. The van der Waals surface area contributed by atoms with Crippen molar-refractivity contribution in [2.45, 2.75) is 31.1 Å². The minimum absolute atomic E-state index is 0.489. The highest BCUT2D eigenvalue weighted by molar-refractivity contribution is 5.15. The van der Waals surface area contributed by atoms with Crippen molar-refractivity contribution in [3.8, 4) is 0 Å². The highest BCUT2D eigenvalue weighted by Gasteiger charge is 2.41. The van der Waals surface area contributed by atoms with E-state index >= 15 is 0 Å². The maximum atomic E-state index is 10.4. The molecule has 1 fully saturated rings. The molecule has 1 unspecified atom stereocenters. The van der Waals surface area contributed by atoms with Crippen molar-refractivity contribution in [1.82, 2.24) is 14.7 Å². The van der Waals surface area contributed by atoms with Gasteiger partial charge in [-0.1, -0.05) is 30.3 Å². The molecular formula is C17H23N3O2. The molecule has 3 rings (SSSR count). The van der Waals surface area contributed by atoms with Crippen LogP contribution in [0.25, 0.3) is 0 Å². The smallest absolute Gasteiger partial charge is 0.0947 e. The molecule has 118 valence electrons. The Balaban J connectivity index is 1.67. The lowest BCUT2D eigenvalue weighted by atomic mass is 10.1. The zero-order chi connectivity index (χ0) is 15.6. The topological polar surface area (TPSA) is 61.5 Å². The van der Waals surface area contributed by atoms with Gasteiger partial charge in [-0.25, -0.2) is 0 Å². The predicted molar refractivity (Wildman–Crippen MR) is 84.1 cm³/mol. The Kier molecular flexibility index (Phi) is 4.29. The van der Waals surface area contributed by atoms with E-state index in [9.17, 15) is 10.2 Å². The molecule has 2 aromatic rings. The molecule has 22 heavy (non-hydrogen) atoms. The van der Waals surface area contributed by atoms with Gasteiger partial charge in [-0.3, -0.25) is 9.58 Å². The molecule has 0 amide bonds. The van der Waals surface area contributed by atoms with E-state index < -0.39 is 11.7 Å². The van der Waals surface area contributed by atoms with Crippen LogP contribution in [0.5, 0.6) is 0 Å². The second-order valence-electron chi connectivity index (χ2n) is 6.34. The Morgan fingerprint density at radius 2 is 2.05 bits per heavy atom. The summed E-state index contributed by atoms with van der Waals surface area (Å²) in [7, 11) is 1.84. The minimum Gasteiger partial charge on any atom is -0.389 e. The normalized spacial score (nSPS) is 17.6. The van der Waals surface area contributed by atoms with Crippen molar-refractivity contribution in [3.05, 3.63) is 53.9 Å². The van der Waals surface area contributed by atoms with Gasteiger partial charge in [-0.2, -0.15) is 5.10 Å². The second kappa shape index (κ2) is 6.20. The SMILES string of the molecule is Cn1cc(C(O)CN(Cc2ccccc2)CC2(O)CC2)cn1. The lowest BCUT2D eigenvalue weighted by Crippen LogP contribution is -2.36. The first-order valence-corrected chi connectivity index (χ1v) is 7.69. The van der Waals surface area contributed by atoms with E-state index in [-0.39, 0.29) is 0 Å². The van der Waals surface area contributed by atoms with Crippen LogP contribution < -0.4 is 0 Å². The van der Waals surface area contributed by atoms with Gasteiger partial charge in [0.2, 0.25) is 0 Å². The van der Waals surface area contributed by atoms with E-state index in [0.29, 0.717) is 13.1 Å². The fourth-order valence-corrected chi connectivity index (χ4v) is 2.71. The third kappa shape index (κ3) is 3.94. The molecule has 1 aromatic carbocycles. The van der Waals surface area contributed by atoms with Crippen molar-refractivity contribution in [2.24, 2.45) is 7.05 Å². The highest BCUT2D eigenvalue weighted by Crippen LogP contribution is 2.36. The number of aryl methyl sites for hydroxylation is 1. The van der Waals surface area contributed by atoms with Gasteiger partial charge in [0, 0.05) is 38.4 Å². The van der Waals surface area contributed by atoms with Crippen LogP contribution in [0.1, 0.15) is 30.1 Å². The monoisotopic (exact) mass is 301 g/mol. The molecule has 0 aliphatic heterocycles. The molecule has 1 aliphatic rings. The van der Waals surface area contributed by atoms with Gasteiger partial charge in [0.05, 0.1) is 17.9 Å². The molecule has 0 radical (unpaired) electrons. The molecule has 1 aliphatic carbocycles. The zero-order valence-corrected chi connectivity index (χ0v) is 12.9. The van der Waals surface area contributed by atoms with Crippen LogP contribution in [-0.2, 0) is 13.6 Å².